The Kier molecular flexibility index (Phi) is 6.00. The molecule has 3 rings (SSSR count). The number of nitrogens with one attached hydrogen (secondary N) is 1. The summed E-state index contributed by atoms with van der Waals surface area (Å²) in [6.07, 6.45) is 4.33. The fourth-order valence-corrected chi connectivity index (χ4v) is 2.85. The van der Waals surface area contributed by atoms with Crippen LogP contribution in [0.3, 0.4) is 0 Å². The number of carbonyl (C=O) groups excluding carboxylic acids is 1. The van der Waals surface area contributed by atoms with Crippen LogP contribution in [0.1, 0.15) is 13.3 Å². The Morgan fingerprint density at radius 2 is 2.28 bits per heavy atom. The lowest BCUT2D eigenvalue weighted by molar-refractivity contribution is -0.115. The fourth-order valence-electron chi connectivity index (χ4n) is 2.15. The number of aromatic nitrogens is 3. The van der Waals surface area contributed by atoms with Crippen LogP contribution in [-0.4, -0.2) is 38.9 Å². The van der Waals surface area contributed by atoms with Crippen LogP contribution in [0, 0.1) is 6.57 Å². The van der Waals surface area contributed by atoms with E-state index in [0.29, 0.717) is 21.6 Å². The lowest BCUT2D eigenvalue weighted by Gasteiger charge is -2.07. The summed E-state index contributed by atoms with van der Waals surface area (Å²) in [5, 5.41) is 21.8. The minimum Gasteiger partial charge on any atom is -0.504 e. The van der Waals surface area contributed by atoms with E-state index in [4.69, 9.17) is 11.3 Å². The number of hydrogen-bond acceptors (Lipinski definition) is 10. The number of nitrogens with zero attached hydrogens (tertiary/aromatic N) is 7. The number of hydrogen-bond donors (Lipinski definition) is 2. The first-order valence-electron chi connectivity index (χ1n) is 8.19. The second kappa shape index (κ2) is 8.81. The molecule has 0 aliphatic rings. The molecule has 12 heteroatoms. The lowest BCUT2D eigenvalue weighted by atomic mass is 10.3. The van der Waals surface area contributed by atoms with Gasteiger partial charge in [-0.2, -0.15) is 0 Å². The van der Waals surface area contributed by atoms with Crippen LogP contribution in [0.2, 0.25) is 0 Å². The molecule has 0 saturated carbocycles. The van der Waals surface area contributed by atoms with Crippen LogP contribution in [0.15, 0.2) is 33.7 Å². The largest absolute Gasteiger partial charge is 0.504 e. The average Bonchev–Trinajstić information content (AvgIpc) is 3.15. The number of pyridine rings is 2. The number of rotatable bonds is 6. The zero-order chi connectivity index (χ0) is 20.8. The minimum absolute atomic E-state index is 0.0401. The topological polar surface area (TPSA) is 139 Å². The van der Waals surface area contributed by atoms with Gasteiger partial charge >= 0.3 is 0 Å². The molecule has 0 unspecified atom stereocenters. The van der Waals surface area contributed by atoms with Gasteiger partial charge in [0.05, 0.1) is 19.2 Å². The number of ether oxygens (including phenoxy) is 1. The Bertz CT molecular complexity index is 1170. The van der Waals surface area contributed by atoms with Gasteiger partial charge in [-0.05, 0) is 11.5 Å². The molecule has 1 amide bonds. The molecule has 0 aliphatic heterocycles. The zero-order valence-corrected chi connectivity index (χ0v) is 16.1. The van der Waals surface area contributed by atoms with Gasteiger partial charge in [0.25, 0.3) is 0 Å². The Hall–Kier alpha value is -3.98. The van der Waals surface area contributed by atoms with Crippen molar-refractivity contribution in [3.05, 3.63) is 29.9 Å². The van der Waals surface area contributed by atoms with Gasteiger partial charge in [0.2, 0.25) is 17.4 Å². The molecule has 0 fully saturated rings. The second-order valence-corrected chi connectivity index (χ2v) is 6.18. The normalized spacial score (nSPS) is 11.2. The first-order chi connectivity index (χ1) is 14.1. The molecule has 146 valence electrons. The summed E-state index contributed by atoms with van der Waals surface area (Å²) < 4.78 is 9.02. The highest BCUT2D eigenvalue weighted by atomic mass is 32.1. The van der Waals surface area contributed by atoms with Gasteiger partial charge in [0, 0.05) is 30.3 Å². The molecule has 3 heterocycles. The van der Waals surface area contributed by atoms with Crippen molar-refractivity contribution in [2.45, 2.75) is 13.3 Å². The molecule has 3 aromatic heterocycles. The number of azo groups is 1. The Labute approximate surface area is 168 Å². The average molecular weight is 410 g/mol. The smallest absolute Gasteiger partial charge is 0.231 e. The van der Waals surface area contributed by atoms with E-state index >= 15 is 0 Å². The van der Waals surface area contributed by atoms with E-state index in [9.17, 15) is 9.90 Å². The van der Waals surface area contributed by atoms with Crippen LogP contribution >= 0.6 is 11.5 Å². The number of aromatic hydroxyl groups is 1. The van der Waals surface area contributed by atoms with Crippen molar-refractivity contribution in [1.82, 2.24) is 14.3 Å². The van der Waals surface area contributed by atoms with E-state index in [-0.39, 0.29) is 35.4 Å². The second-order valence-electron chi connectivity index (χ2n) is 5.43. The highest BCUT2D eigenvalue weighted by molar-refractivity contribution is 7.11. The van der Waals surface area contributed by atoms with Gasteiger partial charge in [0.15, 0.2) is 23.0 Å². The summed E-state index contributed by atoms with van der Waals surface area (Å²) >= 11 is 1.05. The maximum absolute atomic E-state index is 11.6. The van der Waals surface area contributed by atoms with E-state index in [2.05, 4.69) is 39.7 Å². The fraction of sp³-hybridized carbons (Fsp3) is 0.176. The van der Waals surface area contributed by atoms with Crippen LogP contribution < -0.4 is 5.32 Å². The molecular weight excluding hydrogens is 396 g/mol. The van der Waals surface area contributed by atoms with Gasteiger partial charge in [-0.25, -0.2) is 19.2 Å². The third kappa shape index (κ3) is 4.30. The quantitative estimate of drug-likeness (QED) is 0.267. The monoisotopic (exact) mass is 410 g/mol. The number of methoxy groups -OCH3 is 1. The van der Waals surface area contributed by atoms with Gasteiger partial charge in [0.1, 0.15) is 5.69 Å². The standard InChI is InChI=1S/C17H14N8O3S/c1-4-13(27)21-16-12(26)5-10(20-8-28-3)15(22-16)23-24-17-9-6-19-7-11(18-2)14(9)25-29-17/h5-8,26H,4H2,1,3H3,(H,21,22,27)/b20-8-,24-23+. The molecule has 0 radical (unpaired) electrons. The Balaban J connectivity index is 2.04. The number of aliphatic imine (C=N–C) groups is 1. The molecule has 0 saturated heterocycles. The molecule has 0 spiro atoms. The number of amides is 1. The zero-order valence-electron chi connectivity index (χ0n) is 15.3. The van der Waals surface area contributed by atoms with Crippen LogP contribution in [0.4, 0.5) is 28.0 Å². The van der Waals surface area contributed by atoms with Gasteiger partial charge in [-0.1, -0.05) is 6.92 Å². The third-order valence-electron chi connectivity index (χ3n) is 3.55. The van der Waals surface area contributed by atoms with Crippen molar-refractivity contribution >= 4 is 62.8 Å². The molecule has 0 aliphatic carbocycles. The Morgan fingerprint density at radius 3 is 3.00 bits per heavy atom. The predicted molar refractivity (Wildman–Crippen MR) is 108 cm³/mol. The van der Waals surface area contributed by atoms with Crippen LogP contribution in [-0.2, 0) is 9.53 Å². The summed E-state index contributed by atoms with van der Waals surface area (Å²) in [5.41, 5.74) is 0.982. The van der Waals surface area contributed by atoms with E-state index in [1.165, 1.54) is 19.4 Å². The summed E-state index contributed by atoms with van der Waals surface area (Å²) in [7, 11) is 1.42. The third-order valence-corrected chi connectivity index (χ3v) is 4.30. The van der Waals surface area contributed by atoms with E-state index in [0.717, 1.165) is 17.9 Å². The number of fused-ring (bicyclic) bond motifs is 1. The van der Waals surface area contributed by atoms with Gasteiger partial charge in [-0.15, -0.1) is 10.2 Å². The molecule has 11 nitrogen and oxygen atoms in total. The lowest BCUT2D eigenvalue weighted by Crippen LogP contribution is -2.10. The summed E-state index contributed by atoms with van der Waals surface area (Å²) in [6, 6.07) is 1.28. The van der Waals surface area contributed by atoms with Crippen molar-refractivity contribution in [2.24, 2.45) is 15.2 Å². The Morgan fingerprint density at radius 1 is 1.45 bits per heavy atom. The maximum Gasteiger partial charge on any atom is 0.231 e. The first-order valence-corrected chi connectivity index (χ1v) is 8.96. The predicted octanol–water partition coefficient (Wildman–Crippen LogP) is 4.41. The van der Waals surface area contributed by atoms with Gasteiger partial charge in [-0.3, -0.25) is 9.78 Å². The summed E-state index contributed by atoms with van der Waals surface area (Å²) in [5.74, 6) is -0.621. The van der Waals surface area contributed by atoms with Crippen molar-refractivity contribution in [3.63, 3.8) is 0 Å². The van der Waals surface area contributed by atoms with E-state index in [1.807, 2.05) is 0 Å². The first kappa shape index (κ1) is 19.8. The van der Waals surface area contributed by atoms with E-state index < -0.39 is 0 Å². The molecule has 2 N–H and O–H groups in total. The van der Waals surface area contributed by atoms with Crippen molar-refractivity contribution < 1.29 is 14.6 Å². The molecule has 0 aromatic carbocycles. The van der Waals surface area contributed by atoms with Gasteiger partial charge < -0.3 is 15.2 Å². The molecule has 3 aromatic rings. The van der Waals surface area contributed by atoms with Crippen molar-refractivity contribution in [2.75, 3.05) is 12.4 Å². The highest BCUT2D eigenvalue weighted by Gasteiger charge is 2.14. The van der Waals surface area contributed by atoms with Crippen molar-refractivity contribution in [1.29, 1.82) is 0 Å². The molecule has 0 atom stereocenters. The van der Waals surface area contributed by atoms with E-state index in [1.54, 1.807) is 13.1 Å². The SMILES string of the molecule is [C-]#[N+]c1cncc2c(/N=N/c3nc(NC(=O)CC)c(O)cc3/N=C\OC)snc12. The van der Waals surface area contributed by atoms with Crippen LogP contribution in [0.25, 0.3) is 15.7 Å². The highest BCUT2D eigenvalue weighted by Crippen LogP contribution is 2.38. The summed E-state index contributed by atoms with van der Waals surface area (Å²) in [4.78, 5) is 27.2. The molecule has 29 heavy (non-hydrogen) atoms. The van der Waals surface area contributed by atoms with Crippen LogP contribution in [0.5, 0.6) is 5.75 Å². The maximum atomic E-state index is 11.6. The summed E-state index contributed by atoms with van der Waals surface area (Å²) in [6.45, 7) is 8.85. The number of carbonyl (C=O) groups is 1. The van der Waals surface area contributed by atoms with Crippen molar-refractivity contribution in [3.8, 4) is 5.75 Å². The minimum atomic E-state index is -0.324. The molecular formula is C17H14N8O3S. The molecule has 0 bridgehead atoms. The number of anilines is 1.